The van der Waals surface area contributed by atoms with Crippen molar-refractivity contribution in [2.24, 2.45) is 0 Å². The molecule has 0 spiro atoms. The van der Waals surface area contributed by atoms with Gasteiger partial charge in [0.25, 0.3) is 5.91 Å². The maximum Gasteiger partial charge on any atom is 0.289 e. The van der Waals surface area contributed by atoms with Gasteiger partial charge in [0.05, 0.1) is 0 Å². The Balaban J connectivity index is 1.76. The number of carbonyl (C=O) groups is 1. The van der Waals surface area contributed by atoms with E-state index in [1.165, 1.54) is 24.3 Å². The first-order valence-electron chi connectivity index (χ1n) is 10.3. The molecular formula is C23H25FN2O4S. The minimum absolute atomic E-state index is 0.0107. The highest BCUT2D eigenvalue weighted by Crippen LogP contribution is 2.35. The normalized spacial score (nSPS) is 14.5. The van der Waals surface area contributed by atoms with E-state index in [4.69, 9.17) is 4.42 Å². The lowest BCUT2D eigenvalue weighted by atomic mass is 10.0. The molecule has 2 heterocycles. The summed E-state index contributed by atoms with van der Waals surface area (Å²) in [4.78, 5) is 14.7. The van der Waals surface area contributed by atoms with Crippen molar-refractivity contribution in [1.29, 1.82) is 0 Å². The molecule has 0 unspecified atom stereocenters. The Morgan fingerprint density at radius 3 is 2.39 bits per heavy atom. The Morgan fingerprint density at radius 1 is 1.10 bits per heavy atom. The predicted octanol–water partition coefficient (Wildman–Crippen LogP) is 4.21. The molecule has 0 saturated carbocycles. The van der Waals surface area contributed by atoms with Gasteiger partial charge in [-0.15, -0.1) is 0 Å². The van der Waals surface area contributed by atoms with Gasteiger partial charge in [0, 0.05) is 30.6 Å². The SMILES string of the molecule is Cc1cc2c(C)c(C(=O)N3CCCC3)oc2c(S(=O)(=O)NCc2ccc(F)cc2)c1C. The summed E-state index contributed by atoms with van der Waals surface area (Å²) in [5.41, 5.74) is 2.82. The second-order valence-corrected chi connectivity index (χ2v) is 9.73. The van der Waals surface area contributed by atoms with Crippen LogP contribution < -0.4 is 4.72 Å². The number of fused-ring (bicyclic) bond motifs is 1. The fourth-order valence-corrected chi connectivity index (χ4v) is 5.45. The lowest BCUT2D eigenvalue weighted by molar-refractivity contribution is 0.0762. The number of furan rings is 1. The molecule has 164 valence electrons. The minimum Gasteiger partial charge on any atom is -0.449 e. The average Bonchev–Trinajstić information content (AvgIpc) is 3.37. The number of rotatable bonds is 5. The van der Waals surface area contributed by atoms with Gasteiger partial charge in [-0.05, 0) is 68.5 Å². The highest BCUT2D eigenvalue weighted by molar-refractivity contribution is 7.89. The summed E-state index contributed by atoms with van der Waals surface area (Å²) in [7, 11) is -3.96. The van der Waals surface area contributed by atoms with Gasteiger partial charge in [-0.1, -0.05) is 12.1 Å². The molecule has 0 radical (unpaired) electrons. The zero-order valence-electron chi connectivity index (χ0n) is 17.8. The molecule has 0 bridgehead atoms. The number of nitrogens with one attached hydrogen (secondary N) is 1. The van der Waals surface area contributed by atoms with Gasteiger partial charge < -0.3 is 9.32 Å². The van der Waals surface area contributed by atoms with Crippen molar-refractivity contribution in [3.8, 4) is 0 Å². The number of halogens is 1. The number of hydrogen-bond acceptors (Lipinski definition) is 4. The molecular weight excluding hydrogens is 419 g/mol. The molecule has 1 aliphatic heterocycles. The second kappa shape index (κ2) is 8.09. The third-order valence-electron chi connectivity index (χ3n) is 5.93. The Bertz CT molecular complexity index is 1260. The van der Waals surface area contributed by atoms with Crippen LogP contribution in [-0.4, -0.2) is 32.3 Å². The molecule has 1 amide bonds. The molecule has 4 rings (SSSR count). The molecule has 31 heavy (non-hydrogen) atoms. The fraction of sp³-hybridized carbons (Fsp3) is 0.348. The lowest BCUT2D eigenvalue weighted by Gasteiger charge is -2.13. The monoisotopic (exact) mass is 444 g/mol. The van der Waals surface area contributed by atoms with Crippen LogP contribution in [0.2, 0.25) is 0 Å². The van der Waals surface area contributed by atoms with E-state index in [2.05, 4.69) is 4.72 Å². The van der Waals surface area contributed by atoms with Crippen LogP contribution in [0.1, 0.15) is 45.7 Å². The number of carbonyl (C=O) groups excluding carboxylic acids is 1. The van der Waals surface area contributed by atoms with Crippen LogP contribution in [-0.2, 0) is 16.6 Å². The molecule has 3 aromatic rings. The Labute approximate surface area is 181 Å². The lowest BCUT2D eigenvalue weighted by Crippen LogP contribution is -2.27. The Morgan fingerprint density at radius 2 is 1.74 bits per heavy atom. The molecule has 6 nitrogen and oxygen atoms in total. The molecule has 8 heteroatoms. The zero-order valence-corrected chi connectivity index (χ0v) is 18.6. The van der Waals surface area contributed by atoms with Crippen LogP contribution in [0.4, 0.5) is 4.39 Å². The highest BCUT2D eigenvalue weighted by atomic mass is 32.2. The van der Waals surface area contributed by atoms with Crippen LogP contribution in [0, 0.1) is 26.6 Å². The molecule has 0 atom stereocenters. The molecule has 0 aliphatic carbocycles. The van der Waals surface area contributed by atoms with Gasteiger partial charge in [0.1, 0.15) is 10.7 Å². The van der Waals surface area contributed by atoms with Gasteiger partial charge in [-0.2, -0.15) is 0 Å². The largest absolute Gasteiger partial charge is 0.449 e. The molecule has 1 saturated heterocycles. The second-order valence-electron chi connectivity index (χ2n) is 8.03. The smallest absolute Gasteiger partial charge is 0.289 e. The first-order valence-corrected chi connectivity index (χ1v) is 11.7. The summed E-state index contributed by atoms with van der Waals surface area (Å²) in [5.74, 6) is -0.398. The molecule has 1 aromatic heterocycles. The average molecular weight is 445 g/mol. The molecule has 1 fully saturated rings. The Hall–Kier alpha value is -2.71. The number of benzene rings is 2. The summed E-state index contributed by atoms with van der Waals surface area (Å²) >= 11 is 0. The number of nitrogens with zero attached hydrogens (tertiary/aromatic N) is 1. The minimum atomic E-state index is -3.96. The number of sulfonamides is 1. The van der Waals surface area contributed by atoms with E-state index in [1.54, 1.807) is 18.7 Å². The van der Waals surface area contributed by atoms with Gasteiger partial charge in [0.15, 0.2) is 11.3 Å². The fourth-order valence-electron chi connectivity index (χ4n) is 3.99. The van der Waals surface area contributed by atoms with Crippen molar-refractivity contribution >= 4 is 26.9 Å². The van der Waals surface area contributed by atoms with Crippen LogP contribution in [0.15, 0.2) is 39.6 Å². The van der Waals surface area contributed by atoms with E-state index in [9.17, 15) is 17.6 Å². The van der Waals surface area contributed by atoms with Crippen molar-refractivity contribution in [2.45, 2.75) is 45.1 Å². The standard InChI is InChI=1S/C23H25FN2O4S/c1-14-12-19-16(3)20(23(27)26-10-4-5-11-26)30-21(19)22(15(14)2)31(28,29)25-13-17-6-8-18(24)9-7-17/h6-9,12,25H,4-5,10-11,13H2,1-3H3. The summed E-state index contributed by atoms with van der Waals surface area (Å²) in [6.45, 7) is 6.71. The zero-order chi connectivity index (χ0) is 22.3. The maximum absolute atomic E-state index is 13.3. The topological polar surface area (TPSA) is 79.6 Å². The first-order chi connectivity index (χ1) is 14.7. The quantitative estimate of drug-likeness (QED) is 0.639. The van der Waals surface area contributed by atoms with Crippen molar-refractivity contribution < 1.29 is 22.0 Å². The highest BCUT2D eigenvalue weighted by Gasteiger charge is 2.30. The van der Waals surface area contributed by atoms with Gasteiger partial charge >= 0.3 is 0 Å². The van der Waals surface area contributed by atoms with E-state index in [0.29, 0.717) is 35.2 Å². The van der Waals surface area contributed by atoms with Crippen LogP contribution in [0.3, 0.4) is 0 Å². The number of likely N-dealkylation sites (tertiary alicyclic amines) is 1. The van der Waals surface area contributed by atoms with Crippen molar-refractivity contribution in [3.05, 3.63) is 64.2 Å². The predicted molar refractivity (Wildman–Crippen MR) is 116 cm³/mol. The van der Waals surface area contributed by atoms with Crippen molar-refractivity contribution in [2.75, 3.05) is 13.1 Å². The van der Waals surface area contributed by atoms with Gasteiger partial charge in [0.2, 0.25) is 10.0 Å². The molecule has 1 N–H and O–H groups in total. The maximum atomic E-state index is 13.3. The van der Waals surface area contributed by atoms with Crippen LogP contribution in [0.25, 0.3) is 11.0 Å². The summed E-state index contributed by atoms with van der Waals surface area (Å²) in [6.07, 6.45) is 1.91. The summed E-state index contributed by atoms with van der Waals surface area (Å²) in [5, 5.41) is 0.618. The van der Waals surface area contributed by atoms with Gasteiger partial charge in [-0.25, -0.2) is 17.5 Å². The summed E-state index contributed by atoms with van der Waals surface area (Å²) in [6, 6.07) is 7.49. The van der Waals surface area contributed by atoms with E-state index in [1.807, 2.05) is 13.0 Å². The van der Waals surface area contributed by atoms with Crippen molar-refractivity contribution in [3.63, 3.8) is 0 Å². The third kappa shape index (κ3) is 3.97. The summed E-state index contributed by atoms with van der Waals surface area (Å²) < 4.78 is 48.2. The number of hydrogen-bond donors (Lipinski definition) is 1. The van der Waals surface area contributed by atoms with Crippen LogP contribution >= 0.6 is 0 Å². The van der Waals surface area contributed by atoms with E-state index in [-0.39, 0.29) is 34.5 Å². The Kier molecular flexibility index (Phi) is 5.61. The molecule has 1 aliphatic rings. The van der Waals surface area contributed by atoms with E-state index < -0.39 is 10.0 Å². The van der Waals surface area contributed by atoms with Crippen LogP contribution in [0.5, 0.6) is 0 Å². The first kappa shape index (κ1) is 21.5. The van der Waals surface area contributed by atoms with E-state index >= 15 is 0 Å². The molecule has 2 aromatic carbocycles. The van der Waals surface area contributed by atoms with Gasteiger partial charge in [-0.3, -0.25) is 4.79 Å². The van der Waals surface area contributed by atoms with E-state index in [0.717, 1.165) is 18.4 Å². The number of aryl methyl sites for hydroxylation is 2. The third-order valence-corrected chi connectivity index (χ3v) is 7.48. The van der Waals surface area contributed by atoms with Crippen molar-refractivity contribution in [1.82, 2.24) is 9.62 Å². The number of amides is 1.